The van der Waals surface area contributed by atoms with Crippen LogP contribution in [-0.4, -0.2) is 45.0 Å². The Balaban J connectivity index is 1.54. The zero-order valence-corrected chi connectivity index (χ0v) is 14.1. The standard InChI is InChI=1S/C20H22N4O/c1-23-13-18(12-22-23)15-4-5-16-11-21-19(9-17(16)8-15)10-20(25)14-24-6-2-3-7-24/h4-5,8-9,11-13H,2-3,6-7,10,14H2,1H3/i6D2,7D2. The maximum Gasteiger partial charge on any atom is 0.152 e. The fourth-order valence-corrected chi connectivity index (χ4v) is 3.02. The highest BCUT2D eigenvalue weighted by Crippen LogP contribution is 2.24. The Labute approximate surface area is 152 Å². The lowest BCUT2D eigenvalue weighted by atomic mass is 10.0. The van der Waals surface area contributed by atoms with E-state index in [2.05, 4.69) is 10.1 Å². The quantitative estimate of drug-likeness (QED) is 0.718. The summed E-state index contributed by atoms with van der Waals surface area (Å²) in [5.74, 6) is -0.255. The third-order valence-electron chi connectivity index (χ3n) is 4.26. The van der Waals surface area contributed by atoms with E-state index in [1.165, 1.54) is 0 Å². The van der Waals surface area contributed by atoms with E-state index >= 15 is 0 Å². The number of aromatic nitrogens is 3. The third kappa shape index (κ3) is 3.61. The molecule has 128 valence electrons. The van der Waals surface area contributed by atoms with E-state index in [0.29, 0.717) is 5.69 Å². The summed E-state index contributed by atoms with van der Waals surface area (Å²) in [6.07, 6.45) is 5.65. The number of fused-ring (bicyclic) bond motifs is 1. The number of Topliss-reactive ketones (excluding diaryl/α,β-unsaturated/α-hetero) is 1. The van der Waals surface area contributed by atoms with Crippen LogP contribution in [0.5, 0.6) is 0 Å². The number of rotatable bonds is 5. The molecule has 1 aliphatic heterocycles. The molecule has 1 aromatic carbocycles. The molecule has 0 spiro atoms. The van der Waals surface area contributed by atoms with Crippen LogP contribution in [0.15, 0.2) is 42.9 Å². The first-order chi connectivity index (χ1) is 13.6. The number of pyridine rings is 1. The van der Waals surface area contributed by atoms with Gasteiger partial charge < -0.3 is 0 Å². The molecular formula is C20H22N4O. The van der Waals surface area contributed by atoms with Gasteiger partial charge in [-0.2, -0.15) is 5.10 Å². The largest absolute Gasteiger partial charge is 0.298 e. The summed E-state index contributed by atoms with van der Waals surface area (Å²) in [4.78, 5) is 17.9. The Morgan fingerprint density at radius 1 is 1.16 bits per heavy atom. The minimum atomic E-state index is -1.81. The van der Waals surface area contributed by atoms with Crippen molar-refractivity contribution in [3.63, 3.8) is 0 Å². The summed E-state index contributed by atoms with van der Waals surface area (Å²) in [7, 11) is 1.86. The van der Waals surface area contributed by atoms with Crippen molar-refractivity contribution in [2.24, 2.45) is 7.05 Å². The van der Waals surface area contributed by atoms with Gasteiger partial charge in [-0.05, 0) is 48.9 Å². The summed E-state index contributed by atoms with van der Waals surface area (Å²) in [5, 5.41) is 6.11. The molecule has 0 bridgehead atoms. The minimum absolute atomic E-state index is 0.0374. The van der Waals surface area contributed by atoms with E-state index in [0.717, 1.165) is 26.8 Å². The second kappa shape index (κ2) is 6.76. The highest BCUT2D eigenvalue weighted by atomic mass is 16.1. The average Bonchev–Trinajstić information content (AvgIpc) is 3.18. The van der Waals surface area contributed by atoms with Crippen LogP contribution in [0, 0.1) is 0 Å². The zero-order valence-electron chi connectivity index (χ0n) is 18.1. The third-order valence-corrected chi connectivity index (χ3v) is 4.26. The fraction of sp³-hybridized carbons (Fsp3) is 0.350. The van der Waals surface area contributed by atoms with Crippen molar-refractivity contribution >= 4 is 16.6 Å². The molecule has 1 saturated heterocycles. The number of aryl methyl sites for hydroxylation is 1. The molecule has 5 heteroatoms. The zero-order chi connectivity index (χ0) is 20.8. The molecule has 0 saturated carbocycles. The van der Waals surface area contributed by atoms with Gasteiger partial charge in [0.1, 0.15) is 0 Å². The van der Waals surface area contributed by atoms with Crippen LogP contribution in [0.4, 0.5) is 0 Å². The number of carbonyl (C=O) groups is 1. The molecule has 0 radical (unpaired) electrons. The van der Waals surface area contributed by atoms with E-state index in [1.807, 2.05) is 37.5 Å². The van der Waals surface area contributed by atoms with Gasteiger partial charge in [0.2, 0.25) is 0 Å². The molecule has 5 nitrogen and oxygen atoms in total. The molecule has 3 aromatic rings. The van der Waals surface area contributed by atoms with Gasteiger partial charge >= 0.3 is 0 Å². The lowest BCUT2D eigenvalue weighted by molar-refractivity contribution is -0.119. The molecule has 3 heterocycles. The Kier molecular flexibility index (Phi) is 3.23. The molecular weight excluding hydrogens is 312 g/mol. The van der Waals surface area contributed by atoms with Gasteiger partial charge in [-0.3, -0.25) is 19.4 Å². The number of carbonyl (C=O) groups excluding carboxylic acids is 1. The Morgan fingerprint density at radius 2 is 2.00 bits per heavy atom. The number of hydrogen-bond donors (Lipinski definition) is 0. The average molecular weight is 338 g/mol. The van der Waals surface area contributed by atoms with Gasteiger partial charge in [-0.1, -0.05) is 12.1 Å². The van der Waals surface area contributed by atoms with Crippen LogP contribution in [0.3, 0.4) is 0 Å². The van der Waals surface area contributed by atoms with Crippen LogP contribution in [-0.2, 0) is 18.3 Å². The number of benzene rings is 1. The van der Waals surface area contributed by atoms with Crippen molar-refractivity contribution in [1.82, 2.24) is 19.7 Å². The first-order valence-electron chi connectivity index (χ1n) is 10.3. The van der Waals surface area contributed by atoms with Crippen LogP contribution < -0.4 is 0 Å². The summed E-state index contributed by atoms with van der Waals surface area (Å²) in [6, 6.07) is 7.87. The number of hydrogen-bond acceptors (Lipinski definition) is 4. The lowest BCUT2D eigenvalue weighted by Gasteiger charge is -2.13. The van der Waals surface area contributed by atoms with E-state index in [-0.39, 0.29) is 31.6 Å². The molecule has 4 rings (SSSR count). The number of nitrogens with zero attached hydrogens (tertiary/aromatic N) is 4. The van der Waals surface area contributed by atoms with Crippen LogP contribution >= 0.6 is 0 Å². The minimum Gasteiger partial charge on any atom is -0.298 e. The maximum atomic E-state index is 12.5. The van der Waals surface area contributed by atoms with E-state index < -0.39 is 13.0 Å². The Bertz CT molecular complexity index is 1060. The molecule has 0 aliphatic carbocycles. The second-order valence-corrected chi connectivity index (χ2v) is 6.26. The topological polar surface area (TPSA) is 51.0 Å². The lowest BCUT2D eigenvalue weighted by Crippen LogP contribution is -2.27. The number of likely N-dealkylation sites (tertiary alicyclic amines) is 1. The number of ketones is 1. The van der Waals surface area contributed by atoms with Crippen molar-refractivity contribution < 1.29 is 10.3 Å². The van der Waals surface area contributed by atoms with Crippen molar-refractivity contribution in [2.45, 2.75) is 19.3 Å². The van der Waals surface area contributed by atoms with Crippen molar-refractivity contribution in [1.29, 1.82) is 0 Å². The van der Waals surface area contributed by atoms with Gasteiger partial charge in [0.15, 0.2) is 5.78 Å². The molecule has 0 amide bonds. The Hall–Kier alpha value is -2.53. The van der Waals surface area contributed by atoms with E-state index in [1.54, 1.807) is 17.1 Å². The van der Waals surface area contributed by atoms with Crippen molar-refractivity contribution in [3.05, 3.63) is 48.5 Å². The molecule has 2 aromatic heterocycles. The predicted molar refractivity (Wildman–Crippen MR) is 98.3 cm³/mol. The SMILES string of the molecule is [2H]C1([2H])CCC([2H])([2H])N1CC(=O)Cc1cc2cc(-c3cnn(C)c3)ccc2cn1. The van der Waals surface area contributed by atoms with Crippen molar-refractivity contribution in [2.75, 3.05) is 19.5 Å². The summed E-state index contributed by atoms with van der Waals surface area (Å²) >= 11 is 0. The molecule has 25 heavy (non-hydrogen) atoms. The van der Waals surface area contributed by atoms with Crippen LogP contribution in [0.1, 0.15) is 24.0 Å². The van der Waals surface area contributed by atoms with Crippen LogP contribution in [0.2, 0.25) is 0 Å². The Morgan fingerprint density at radius 3 is 2.76 bits per heavy atom. The maximum absolute atomic E-state index is 12.5. The second-order valence-electron chi connectivity index (χ2n) is 6.26. The smallest absolute Gasteiger partial charge is 0.152 e. The molecule has 0 N–H and O–H groups in total. The van der Waals surface area contributed by atoms with E-state index in [9.17, 15) is 4.79 Å². The van der Waals surface area contributed by atoms with Gasteiger partial charge in [0, 0.05) is 41.6 Å². The molecule has 0 unspecified atom stereocenters. The van der Waals surface area contributed by atoms with Gasteiger partial charge in [-0.15, -0.1) is 0 Å². The molecule has 1 aliphatic rings. The predicted octanol–water partition coefficient (Wildman–Crippen LogP) is 2.84. The summed E-state index contributed by atoms with van der Waals surface area (Å²) in [6.45, 7) is -3.89. The molecule has 0 atom stereocenters. The normalized spacial score (nSPS) is 21.5. The highest BCUT2D eigenvalue weighted by Gasteiger charge is 2.15. The van der Waals surface area contributed by atoms with Gasteiger partial charge in [-0.25, -0.2) is 0 Å². The monoisotopic (exact) mass is 338 g/mol. The first-order valence-corrected chi connectivity index (χ1v) is 8.31. The summed E-state index contributed by atoms with van der Waals surface area (Å²) in [5.41, 5.74) is 2.61. The van der Waals surface area contributed by atoms with Gasteiger partial charge in [0.25, 0.3) is 0 Å². The highest BCUT2D eigenvalue weighted by molar-refractivity contribution is 5.88. The first kappa shape index (κ1) is 11.9. The van der Waals surface area contributed by atoms with E-state index in [4.69, 9.17) is 5.48 Å². The van der Waals surface area contributed by atoms with Crippen LogP contribution in [0.25, 0.3) is 21.9 Å². The van der Waals surface area contributed by atoms with Crippen molar-refractivity contribution in [3.8, 4) is 11.1 Å². The fourth-order valence-electron chi connectivity index (χ4n) is 3.02. The van der Waals surface area contributed by atoms with Gasteiger partial charge in [0.05, 0.1) is 19.2 Å². The summed E-state index contributed by atoms with van der Waals surface area (Å²) < 4.78 is 33.6. The molecule has 1 fully saturated rings.